The highest BCUT2D eigenvalue weighted by Crippen LogP contribution is 2.32. The van der Waals surface area contributed by atoms with Crippen molar-refractivity contribution in [1.29, 1.82) is 0 Å². The minimum Gasteiger partial charge on any atom is -0.442 e. The van der Waals surface area contributed by atoms with E-state index in [0.29, 0.717) is 6.04 Å². The molecule has 3 nitrogen and oxygen atoms in total. The Morgan fingerprint density at radius 1 is 1.41 bits per heavy atom. The summed E-state index contributed by atoms with van der Waals surface area (Å²) in [5.74, 6) is 1.13. The lowest BCUT2D eigenvalue weighted by atomic mass is 9.91. The van der Waals surface area contributed by atoms with Crippen molar-refractivity contribution in [3.63, 3.8) is 0 Å². The van der Waals surface area contributed by atoms with E-state index in [2.05, 4.69) is 46.0 Å². The molecule has 1 atom stereocenters. The van der Waals surface area contributed by atoms with E-state index in [1.807, 2.05) is 6.07 Å². The van der Waals surface area contributed by atoms with Crippen molar-refractivity contribution in [2.45, 2.75) is 25.3 Å². The summed E-state index contributed by atoms with van der Waals surface area (Å²) in [6.07, 6.45) is 3.26. The second-order valence-electron chi connectivity index (χ2n) is 4.85. The van der Waals surface area contributed by atoms with Gasteiger partial charge in [-0.2, -0.15) is 0 Å². The number of fused-ring (bicyclic) bond motifs is 3. The van der Waals surface area contributed by atoms with Crippen molar-refractivity contribution in [1.82, 2.24) is 9.88 Å². The number of furan rings is 1. The largest absolute Gasteiger partial charge is 0.442 e. The van der Waals surface area contributed by atoms with E-state index in [1.54, 1.807) is 0 Å². The molecule has 1 aliphatic rings. The highest BCUT2D eigenvalue weighted by Gasteiger charge is 2.25. The molecule has 90 valence electrons. The molecule has 0 radical (unpaired) electrons. The molecule has 2 aromatic heterocycles. The number of aryl methyl sites for hydroxylation is 1. The van der Waals surface area contributed by atoms with Crippen LogP contribution in [0.2, 0.25) is 0 Å². The van der Waals surface area contributed by atoms with Crippen molar-refractivity contribution < 1.29 is 4.42 Å². The Kier molecular flexibility index (Phi) is 2.71. The standard InChI is InChI=1S/C13H15BrN2O/c1-16(2)8-3-5-11-10(7-8)9-4-6-12(14)15-13(9)17-11/h4,6,8H,3,5,7H2,1-2H3/t8-/m0/s1. The molecule has 0 fully saturated rings. The molecule has 0 aromatic carbocycles. The Morgan fingerprint density at radius 2 is 2.24 bits per heavy atom. The Bertz CT molecular complexity index is 562. The normalized spacial score (nSPS) is 19.9. The number of halogens is 1. The summed E-state index contributed by atoms with van der Waals surface area (Å²) in [7, 11) is 4.29. The lowest BCUT2D eigenvalue weighted by molar-refractivity contribution is 0.260. The van der Waals surface area contributed by atoms with Gasteiger partial charge in [0.2, 0.25) is 5.71 Å². The maximum absolute atomic E-state index is 5.84. The van der Waals surface area contributed by atoms with E-state index in [1.165, 1.54) is 17.4 Å². The second kappa shape index (κ2) is 4.10. The van der Waals surface area contributed by atoms with Crippen molar-refractivity contribution >= 4 is 27.0 Å². The summed E-state index contributed by atoms with van der Waals surface area (Å²) >= 11 is 3.38. The number of hydrogen-bond acceptors (Lipinski definition) is 3. The Morgan fingerprint density at radius 3 is 3.00 bits per heavy atom. The van der Waals surface area contributed by atoms with Gasteiger partial charge in [0.05, 0.1) is 0 Å². The SMILES string of the molecule is CN(C)[C@H]1CCc2oc3nc(Br)ccc3c2C1. The number of nitrogens with zero attached hydrogens (tertiary/aromatic N) is 2. The maximum Gasteiger partial charge on any atom is 0.227 e. The van der Waals surface area contributed by atoms with Gasteiger partial charge in [-0.15, -0.1) is 0 Å². The van der Waals surface area contributed by atoms with Crippen LogP contribution in [0.3, 0.4) is 0 Å². The van der Waals surface area contributed by atoms with E-state index in [9.17, 15) is 0 Å². The van der Waals surface area contributed by atoms with Gasteiger partial charge in [-0.1, -0.05) is 0 Å². The van der Waals surface area contributed by atoms with Crippen molar-refractivity contribution in [2.75, 3.05) is 14.1 Å². The molecule has 0 unspecified atom stereocenters. The fraction of sp³-hybridized carbons (Fsp3) is 0.462. The predicted molar refractivity (Wildman–Crippen MR) is 71.2 cm³/mol. The topological polar surface area (TPSA) is 29.3 Å². The monoisotopic (exact) mass is 294 g/mol. The first kappa shape index (κ1) is 11.2. The first-order chi connectivity index (χ1) is 8.15. The van der Waals surface area contributed by atoms with E-state index in [0.717, 1.165) is 28.9 Å². The molecule has 1 aliphatic carbocycles. The van der Waals surface area contributed by atoms with Gasteiger partial charge < -0.3 is 9.32 Å². The second-order valence-corrected chi connectivity index (χ2v) is 5.66. The summed E-state index contributed by atoms with van der Waals surface area (Å²) in [6, 6.07) is 4.71. The van der Waals surface area contributed by atoms with Crippen molar-refractivity contribution in [2.24, 2.45) is 0 Å². The fourth-order valence-corrected chi connectivity index (χ4v) is 2.85. The summed E-state index contributed by atoms with van der Waals surface area (Å²) in [5.41, 5.74) is 2.12. The molecule has 4 heteroatoms. The molecular weight excluding hydrogens is 280 g/mol. The Labute approximate surface area is 109 Å². The Balaban J connectivity index is 2.09. The smallest absolute Gasteiger partial charge is 0.227 e. The van der Waals surface area contributed by atoms with Crippen LogP contribution in [0.4, 0.5) is 0 Å². The summed E-state index contributed by atoms with van der Waals surface area (Å²) in [5, 5.41) is 1.18. The predicted octanol–water partition coefficient (Wildman–Crippen LogP) is 3.01. The average molecular weight is 295 g/mol. The molecule has 0 aliphatic heterocycles. The number of rotatable bonds is 1. The summed E-state index contributed by atoms with van der Waals surface area (Å²) in [4.78, 5) is 6.69. The molecule has 0 bridgehead atoms. The lowest BCUT2D eigenvalue weighted by Gasteiger charge is -2.27. The van der Waals surface area contributed by atoms with Crippen LogP contribution in [0, 0.1) is 0 Å². The molecule has 0 saturated carbocycles. The van der Waals surface area contributed by atoms with Crippen molar-refractivity contribution in [3.05, 3.63) is 28.1 Å². The van der Waals surface area contributed by atoms with Crippen LogP contribution in [0.1, 0.15) is 17.7 Å². The number of hydrogen-bond donors (Lipinski definition) is 0. The van der Waals surface area contributed by atoms with Gasteiger partial charge in [0.1, 0.15) is 10.4 Å². The minimum absolute atomic E-state index is 0.618. The number of aromatic nitrogens is 1. The molecule has 0 saturated heterocycles. The van der Waals surface area contributed by atoms with Gasteiger partial charge in [-0.05, 0) is 55.0 Å². The van der Waals surface area contributed by atoms with Gasteiger partial charge in [-0.25, -0.2) is 4.98 Å². The molecular formula is C13H15BrN2O. The van der Waals surface area contributed by atoms with Crippen molar-refractivity contribution in [3.8, 4) is 0 Å². The van der Waals surface area contributed by atoms with E-state index >= 15 is 0 Å². The van der Waals surface area contributed by atoms with Crippen LogP contribution < -0.4 is 0 Å². The molecule has 3 rings (SSSR count). The number of likely N-dealkylation sites (N-methyl/N-ethyl adjacent to an activating group) is 1. The maximum atomic E-state index is 5.84. The fourth-order valence-electron chi connectivity index (χ4n) is 2.56. The molecule has 2 aromatic rings. The summed E-state index contributed by atoms with van der Waals surface area (Å²) < 4.78 is 6.67. The van der Waals surface area contributed by atoms with E-state index < -0.39 is 0 Å². The van der Waals surface area contributed by atoms with Gasteiger partial charge in [0.15, 0.2) is 0 Å². The van der Waals surface area contributed by atoms with Gasteiger partial charge in [0.25, 0.3) is 0 Å². The number of pyridine rings is 1. The molecule has 0 amide bonds. The first-order valence-electron chi connectivity index (χ1n) is 5.88. The quantitative estimate of drug-likeness (QED) is 0.757. The zero-order chi connectivity index (χ0) is 12.0. The van der Waals surface area contributed by atoms with Crippen LogP contribution >= 0.6 is 15.9 Å². The van der Waals surface area contributed by atoms with Gasteiger partial charge in [-0.3, -0.25) is 0 Å². The zero-order valence-electron chi connectivity index (χ0n) is 10.0. The third kappa shape index (κ3) is 1.89. The van der Waals surface area contributed by atoms with Gasteiger partial charge in [0, 0.05) is 23.4 Å². The third-order valence-corrected chi connectivity index (χ3v) is 4.02. The summed E-state index contributed by atoms with van der Waals surface area (Å²) in [6.45, 7) is 0. The van der Waals surface area contributed by atoms with Crippen LogP contribution in [-0.4, -0.2) is 30.0 Å². The van der Waals surface area contributed by atoms with Crippen LogP contribution in [0.5, 0.6) is 0 Å². The Hall–Kier alpha value is -0.870. The molecule has 17 heavy (non-hydrogen) atoms. The van der Waals surface area contributed by atoms with E-state index in [-0.39, 0.29) is 0 Å². The highest BCUT2D eigenvalue weighted by molar-refractivity contribution is 9.10. The molecule has 2 heterocycles. The van der Waals surface area contributed by atoms with Gasteiger partial charge >= 0.3 is 0 Å². The molecule has 0 spiro atoms. The van der Waals surface area contributed by atoms with Crippen LogP contribution in [-0.2, 0) is 12.8 Å². The third-order valence-electron chi connectivity index (χ3n) is 3.58. The van der Waals surface area contributed by atoms with E-state index in [4.69, 9.17) is 4.42 Å². The minimum atomic E-state index is 0.618. The van der Waals surface area contributed by atoms with Crippen LogP contribution in [0.25, 0.3) is 11.1 Å². The first-order valence-corrected chi connectivity index (χ1v) is 6.67. The highest BCUT2D eigenvalue weighted by atomic mass is 79.9. The average Bonchev–Trinajstić information content (AvgIpc) is 2.64. The zero-order valence-corrected chi connectivity index (χ0v) is 11.6. The van der Waals surface area contributed by atoms with Crippen LogP contribution in [0.15, 0.2) is 21.2 Å². The molecule has 0 N–H and O–H groups in total. The lowest BCUT2D eigenvalue weighted by Crippen LogP contribution is -2.33.